The van der Waals surface area contributed by atoms with Gasteiger partial charge in [-0.15, -0.1) is 0 Å². The zero-order chi connectivity index (χ0) is 16.8. The van der Waals surface area contributed by atoms with E-state index in [1.54, 1.807) is 42.5 Å². The summed E-state index contributed by atoms with van der Waals surface area (Å²) in [7, 11) is 1.53. The SMILES string of the molecule is CCOc1cc(C(=O)Oc2ccc(C(C)=O)cc2)ccc1OC. The molecule has 5 heteroatoms. The van der Waals surface area contributed by atoms with E-state index in [0.29, 0.717) is 35.0 Å². The number of esters is 1. The van der Waals surface area contributed by atoms with E-state index in [1.165, 1.54) is 14.0 Å². The van der Waals surface area contributed by atoms with Crippen molar-refractivity contribution in [2.75, 3.05) is 13.7 Å². The van der Waals surface area contributed by atoms with Crippen molar-refractivity contribution < 1.29 is 23.8 Å². The minimum Gasteiger partial charge on any atom is -0.493 e. The normalized spacial score (nSPS) is 10.0. The largest absolute Gasteiger partial charge is 0.493 e. The molecule has 0 atom stereocenters. The van der Waals surface area contributed by atoms with Crippen molar-refractivity contribution in [1.82, 2.24) is 0 Å². The van der Waals surface area contributed by atoms with Gasteiger partial charge in [-0.25, -0.2) is 4.79 Å². The molecular weight excluding hydrogens is 296 g/mol. The Bertz CT molecular complexity index is 704. The second-order valence-corrected chi connectivity index (χ2v) is 4.77. The molecule has 0 saturated carbocycles. The summed E-state index contributed by atoms with van der Waals surface area (Å²) in [6, 6.07) is 11.2. The summed E-state index contributed by atoms with van der Waals surface area (Å²) < 4.78 is 15.9. The number of rotatable bonds is 6. The molecule has 23 heavy (non-hydrogen) atoms. The lowest BCUT2D eigenvalue weighted by Gasteiger charge is -2.11. The first kappa shape index (κ1) is 16.5. The highest BCUT2D eigenvalue weighted by Crippen LogP contribution is 2.28. The summed E-state index contributed by atoms with van der Waals surface area (Å²) in [5.74, 6) is 0.850. The lowest BCUT2D eigenvalue weighted by molar-refractivity contribution is 0.0734. The summed E-state index contributed by atoms with van der Waals surface area (Å²) >= 11 is 0. The zero-order valence-corrected chi connectivity index (χ0v) is 13.3. The fourth-order valence-electron chi connectivity index (χ4n) is 2.00. The molecule has 0 aliphatic carbocycles. The van der Waals surface area contributed by atoms with E-state index < -0.39 is 5.97 Å². The molecule has 0 saturated heterocycles. The number of carbonyl (C=O) groups is 2. The van der Waals surface area contributed by atoms with Crippen LogP contribution in [-0.2, 0) is 0 Å². The highest BCUT2D eigenvalue weighted by atomic mass is 16.5. The highest BCUT2D eigenvalue weighted by Gasteiger charge is 2.13. The van der Waals surface area contributed by atoms with E-state index in [2.05, 4.69) is 0 Å². The topological polar surface area (TPSA) is 61.8 Å². The fraction of sp³-hybridized carbons (Fsp3) is 0.222. The Morgan fingerprint density at radius 2 is 1.61 bits per heavy atom. The van der Waals surface area contributed by atoms with Crippen LogP contribution in [0, 0.1) is 0 Å². The van der Waals surface area contributed by atoms with E-state index in [0.717, 1.165) is 0 Å². The van der Waals surface area contributed by atoms with Crippen LogP contribution < -0.4 is 14.2 Å². The molecule has 0 unspecified atom stereocenters. The summed E-state index contributed by atoms with van der Waals surface area (Å²) in [5, 5.41) is 0. The summed E-state index contributed by atoms with van der Waals surface area (Å²) in [4.78, 5) is 23.4. The van der Waals surface area contributed by atoms with Crippen LogP contribution in [0.4, 0.5) is 0 Å². The molecule has 0 heterocycles. The molecule has 120 valence electrons. The van der Waals surface area contributed by atoms with Crippen LogP contribution in [0.15, 0.2) is 42.5 Å². The smallest absolute Gasteiger partial charge is 0.343 e. The third-order valence-corrected chi connectivity index (χ3v) is 3.17. The Morgan fingerprint density at radius 1 is 0.957 bits per heavy atom. The number of hydrogen-bond acceptors (Lipinski definition) is 5. The Balaban J connectivity index is 2.16. The minimum absolute atomic E-state index is 0.0422. The van der Waals surface area contributed by atoms with Crippen molar-refractivity contribution in [3.63, 3.8) is 0 Å². The Labute approximate surface area is 134 Å². The van der Waals surface area contributed by atoms with Gasteiger partial charge in [-0.1, -0.05) is 0 Å². The molecule has 0 spiro atoms. The maximum Gasteiger partial charge on any atom is 0.343 e. The van der Waals surface area contributed by atoms with E-state index in [1.807, 2.05) is 6.92 Å². The van der Waals surface area contributed by atoms with Crippen LogP contribution in [0.3, 0.4) is 0 Å². The van der Waals surface area contributed by atoms with Gasteiger partial charge in [0.2, 0.25) is 0 Å². The van der Waals surface area contributed by atoms with Gasteiger partial charge in [-0.3, -0.25) is 4.79 Å². The van der Waals surface area contributed by atoms with Crippen LogP contribution in [0.25, 0.3) is 0 Å². The number of ketones is 1. The van der Waals surface area contributed by atoms with Crippen molar-refractivity contribution >= 4 is 11.8 Å². The van der Waals surface area contributed by atoms with Gasteiger partial charge in [0.05, 0.1) is 19.3 Å². The van der Waals surface area contributed by atoms with E-state index in [4.69, 9.17) is 14.2 Å². The lowest BCUT2D eigenvalue weighted by atomic mass is 10.1. The zero-order valence-electron chi connectivity index (χ0n) is 13.3. The molecule has 0 radical (unpaired) electrons. The van der Waals surface area contributed by atoms with Crippen molar-refractivity contribution in [1.29, 1.82) is 0 Å². The average Bonchev–Trinajstić information content (AvgIpc) is 2.55. The van der Waals surface area contributed by atoms with Crippen LogP contribution in [-0.4, -0.2) is 25.5 Å². The standard InChI is InChI=1S/C18H18O5/c1-4-22-17-11-14(7-10-16(17)21-3)18(20)23-15-8-5-13(6-9-15)12(2)19/h5-11H,4H2,1-3H3. The third-order valence-electron chi connectivity index (χ3n) is 3.17. The predicted octanol–water partition coefficient (Wildman–Crippen LogP) is 3.52. The molecule has 5 nitrogen and oxygen atoms in total. The average molecular weight is 314 g/mol. The van der Waals surface area contributed by atoms with Gasteiger partial charge in [-0.2, -0.15) is 0 Å². The Kier molecular flexibility index (Phi) is 5.36. The van der Waals surface area contributed by atoms with E-state index in [-0.39, 0.29) is 5.78 Å². The maximum absolute atomic E-state index is 12.2. The molecule has 0 fully saturated rings. The molecule has 2 rings (SSSR count). The first-order valence-electron chi connectivity index (χ1n) is 7.19. The van der Waals surface area contributed by atoms with Crippen molar-refractivity contribution in [2.24, 2.45) is 0 Å². The van der Waals surface area contributed by atoms with Gasteiger partial charge < -0.3 is 14.2 Å². The van der Waals surface area contributed by atoms with E-state index in [9.17, 15) is 9.59 Å². The van der Waals surface area contributed by atoms with Crippen LogP contribution in [0.2, 0.25) is 0 Å². The summed E-state index contributed by atoms with van der Waals surface area (Å²) in [5.41, 5.74) is 0.915. The van der Waals surface area contributed by atoms with E-state index >= 15 is 0 Å². The second kappa shape index (κ2) is 7.45. The summed E-state index contributed by atoms with van der Waals surface area (Å²) in [6.45, 7) is 3.79. The number of ether oxygens (including phenoxy) is 3. The predicted molar refractivity (Wildman–Crippen MR) is 85.6 cm³/mol. The molecule has 0 bridgehead atoms. The lowest BCUT2D eigenvalue weighted by Crippen LogP contribution is -2.09. The molecule has 2 aromatic carbocycles. The summed E-state index contributed by atoms with van der Waals surface area (Å²) in [6.07, 6.45) is 0. The molecular formula is C18H18O5. The van der Waals surface area contributed by atoms with Crippen molar-refractivity contribution in [3.8, 4) is 17.2 Å². The van der Waals surface area contributed by atoms with Gasteiger partial charge in [0, 0.05) is 5.56 Å². The molecule has 0 aliphatic rings. The number of carbonyl (C=O) groups excluding carboxylic acids is 2. The molecule has 0 aromatic heterocycles. The number of Topliss-reactive ketones (excluding diaryl/α,β-unsaturated/α-hetero) is 1. The van der Waals surface area contributed by atoms with Crippen molar-refractivity contribution in [2.45, 2.75) is 13.8 Å². The van der Waals surface area contributed by atoms with Crippen molar-refractivity contribution in [3.05, 3.63) is 53.6 Å². The fourth-order valence-corrected chi connectivity index (χ4v) is 2.00. The van der Waals surface area contributed by atoms with Gasteiger partial charge in [-0.05, 0) is 56.3 Å². The second-order valence-electron chi connectivity index (χ2n) is 4.77. The quantitative estimate of drug-likeness (QED) is 0.464. The van der Waals surface area contributed by atoms with Crippen LogP contribution in [0.1, 0.15) is 34.6 Å². The van der Waals surface area contributed by atoms with Gasteiger partial charge in [0.25, 0.3) is 0 Å². The minimum atomic E-state index is -0.510. The number of methoxy groups -OCH3 is 1. The van der Waals surface area contributed by atoms with Gasteiger partial charge in [0.15, 0.2) is 17.3 Å². The third kappa shape index (κ3) is 4.10. The first-order chi connectivity index (χ1) is 11.0. The Morgan fingerprint density at radius 3 is 2.17 bits per heavy atom. The molecule has 0 N–H and O–H groups in total. The molecule has 2 aromatic rings. The maximum atomic E-state index is 12.2. The number of benzene rings is 2. The molecule has 0 amide bonds. The monoisotopic (exact) mass is 314 g/mol. The Hall–Kier alpha value is -2.82. The van der Waals surface area contributed by atoms with Crippen LogP contribution >= 0.6 is 0 Å². The van der Waals surface area contributed by atoms with Crippen LogP contribution in [0.5, 0.6) is 17.2 Å². The van der Waals surface area contributed by atoms with Gasteiger partial charge >= 0.3 is 5.97 Å². The number of hydrogen-bond donors (Lipinski definition) is 0. The first-order valence-corrected chi connectivity index (χ1v) is 7.19. The molecule has 0 aliphatic heterocycles. The highest BCUT2D eigenvalue weighted by molar-refractivity contribution is 5.94. The van der Waals surface area contributed by atoms with Gasteiger partial charge in [0.1, 0.15) is 5.75 Å².